The summed E-state index contributed by atoms with van der Waals surface area (Å²) in [6, 6.07) is 14.7. The van der Waals surface area contributed by atoms with E-state index in [-0.39, 0.29) is 83.4 Å². The van der Waals surface area contributed by atoms with E-state index in [9.17, 15) is 23.1 Å². The number of hydrogen-bond donors (Lipinski definition) is 1. The van der Waals surface area contributed by atoms with Crippen LogP contribution < -0.4 is 64.2 Å². The van der Waals surface area contributed by atoms with Gasteiger partial charge in [0.15, 0.2) is 5.69 Å². The van der Waals surface area contributed by atoms with Crippen molar-refractivity contribution < 1.29 is 87.7 Å². The molecule has 5 rings (SSSR count). The third kappa shape index (κ3) is 6.51. The number of tetrazole rings is 1. The fourth-order valence-corrected chi connectivity index (χ4v) is 4.50. The van der Waals surface area contributed by atoms with Crippen LogP contribution in [0.3, 0.4) is 0 Å². The van der Waals surface area contributed by atoms with Crippen LogP contribution >= 0.6 is 0 Å². The van der Waals surface area contributed by atoms with Gasteiger partial charge in [0.05, 0.1) is 29.4 Å². The number of aromatic nitrogens is 7. The fourth-order valence-electron chi connectivity index (χ4n) is 4.50. The van der Waals surface area contributed by atoms with Gasteiger partial charge in [-0.2, -0.15) is 18.4 Å². The van der Waals surface area contributed by atoms with Crippen molar-refractivity contribution in [2.75, 3.05) is 0 Å². The fraction of sp³-hybridized carbons (Fsp3) is 0.240. The second kappa shape index (κ2) is 13.9. The predicted octanol–water partition coefficient (Wildman–Crippen LogP) is -2.39. The normalized spacial score (nSPS) is 11.0. The summed E-state index contributed by atoms with van der Waals surface area (Å²) in [4.78, 5) is 15.6. The number of para-hydroxylation sites is 1. The number of halogens is 3. The zero-order valence-electron chi connectivity index (χ0n) is 22.1. The molecule has 0 atom stereocenters. The summed E-state index contributed by atoms with van der Waals surface area (Å²) in [6.07, 6.45) is -1.60. The van der Waals surface area contributed by atoms with Crippen molar-refractivity contribution >= 4 is 16.9 Å². The molecule has 40 heavy (non-hydrogen) atoms. The Bertz CT molecular complexity index is 1580. The van der Waals surface area contributed by atoms with Gasteiger partial charge in [-0.25, -0.2) is 4.98 Å². The first kappa shape index (κ1) is 33.7. The molecule has 198 valence electrons. The van der Waals surface area contributed by atoms with Crippen molar-refractivity contribution in [3.8, 4) is 17.1 Å². The molecule has 5 aromatic rings. The maximum atomic E-state index is 13.7. The maximum Gasteiger partial charge on any atom is 1.00 e. The van der Waals surface area contributed by atoms with Gasteiger partial charge in [-0.15, -0.1) is 10.2 Å². The Morgan fingerprint density at radius 2 is 1.82 bits per heavy atom. The smallest absolute Gasteiger partial charge is 0.870 e. The first-order valence-electron chi connectivity index (χ1n) is 11.6. The minimum absolute atomic E-state index is 0. The Labute approximate surface area is 270 Å². The number of aromatic amines is 1. The number of carbonyl (C=O) groups is 1. The van der Waals surface area contributed by atoms with Crippen LogP contribution in [0.2, 0.25) is 0 Å². The van der Waals surface area contributed by atoms with Gasteiger partial charge in [-0.05, 0) is 41.5 Å². The van der Waals surface area contributed by atoms with E-state index >= 15 is 0 Å². The third-order valence-corrected chi connectivity index (χ3v) is 6.16. The third-order valence-electron chi connectivity index (χ3n) is 6.16. The predicted molar refractivity (Wildman–Crippen MR) is 128 cm³/mol. The number of nitrogens with one attached hydrogen (secondary N) is 1. The van der Waals surface area contributed by atoms with Gasteiger partial charge in [0.1, 0.15) is 5.82 Å². The molecule has 10 nitrogen and oxygen atoms in total. The molecule has 0 radical (unpaired) electrons. The van der Waals surface area contributed by atoms with E-state index in [0.717, 1.165) is 26.7 Å². The molecule has 0 unspecified atom stereocenters. The Morgan fingerprint density at radius 3 is 2.48 bits per heavy atom. The molecule has 0 spiro atoms. The number of hydrogen-bond acceptors (Lipinski definition) is 7. The van der Waals surface area contributed by atoms with Gasteiger partial charge < -0.3 is 24.5 Å². The molecule has 0 aliphatic carbocycles. The minimum Gasteiger partial charge on any atom is -0.870 e. The number of nitrogens with zero attached hydrogens (tertiary/aromatic N) is 6. The van der Waals surface area contributed by atoms with E-state index in [2.05, 4.69) is 25.6 Å². The molecule has 0 amide bonds. The molecule has 0 aliphatic heterocycles. The summed E-state index contributed by atoms with van der Waals surface area (Å²) in [5.41, 5.74) is 0.519. The van der Waals surface area contributed by atoms with E-state index in [4.69, 9.17) is 0 Å². The molecule has 0 saturated heterocycles. The van der Waals surface area contributed by atoms with E-state index in [1.807, 2.05) is 54.1 Å². The maximum absolute atomic E-state index is 13.7. The second-order valence-corrected chi connectivity index (χ2v) is 8.49. The SMILES string of the molecule is CCCCc1nc(C(F)(F)F)c(C(=O)[O-])n1Cc1cccc2c1ccn2-c1ccccc1-c1nn[nH]n1.[Na+].[Na+].[OH-]. The molecule has 15 heteroatoms. The zero-order chi connectivity index (χ0) is 26.2. The van der Waals surface area contributed by atoms with Gasteiger partial charge in [0.2, 0.25) is 5.82 Å². The van der Waals surface area contributed by atoms with Crippen molar-refractivity contribution in [1.82, 2.24) is 34.7 Å². The van der Waals surface area contributed by atoms with E-state index in [1.165, 1.54) is 0 Å². The first-order valence-corrected chi connectivity index (χ1v) is 11.6. The number of rotatable bonds is 8. The molecule has 0 aliphatic rings. The van der Waals surface area contributed by atoms with Gasteiger partial charge in [-0.1, -0.05) is 37.6 Å². The Hall–Kier alpha value is -2.52. The van der Waals surface area contributed by atoms with Crippen LogP contribution in [-0.4, -0.2) is 46.2 Å². The van der Waals surface area contributed by atoms with Crippen LogP contribution in [0.5, 0.6) is 0 Å². The number of fused-ring (bicyclic) bond motifs is 1. The number of aromatic carboxylic acids is 1. The topological polar surface area (TPSA) is 147 Å². The number of carbonyl (C=O) groups excluding carboxylic acids is 1. The number of imidazole rings is 1. The number of benzene rings is 2. The molecule has 3 aromatic heterocycles. The van der Waals surface area contributed by atoms with Crippen molar-refractivity contribution in [3.63, 3.8) is 0 Å². The summed E-state index contributed by atoms with van der Waals surface area (Å²) in [5, 5.41) is 26.8. The van der Waals surface area contributed by atoms with Gasteiger partial charge in [-0.3, -0.25) is 0 Å². The van der Waals surface area contributed by atoms with Crippen molar-refractivity contribution in [1.29, 1.82) is 0 Å². The molecule has 0 bridgehead atoms. The molecule has 3 heterocycles. The zero-order valence-corrected chi connectivity index (χ0v) is 26.1. The van der Waals surface area contributed by atoms with Gasteiger partial charge >= 0.3 is 65.3 Å². The average Bonchev–Trinajstić information content (AvgIpc) is 3.61. The Morgan fingerprint density at radius 1 is 1.07 bits per heavy atom. The molecule has 2 aromatic carbocycles. The minimum atomic E-state index is -4.92. The van der Waals surface area contributed by atoms with Crippen LogP contribution in [0, 0.1) is 0 Å². The molecular formula is C25H22F3N7Na2O3. The summed E-state index contributed by atoms with van der Waals surface area (Å²) in [5.74, 6) is -1.44. The quantitative estimate of drug-likeness (QED) is 0.205. The first-order chi connectivity index (χ1) is 17.8. The molecular weight excluding hydrogens is 549 g/mol. The summed E-state index contributed by atoms with van der Waals surface area (Å²) in [6.45, 7) is 1.78. The Kier molecular flexibility index (Phi) is 11.7. The van der Waals surface area contributed by atoms with Crippen molar-refractivity contribution in [3.05, 3.63) is 77.5 Å². The number of carboxylic acids is 1. The summed E-state index contributed by atoms with van der Waals surface area (Å²) in [7, 11) is 0. The molecule has 0 fully saturated rings. The number of alkyl halides is 3. The van der Waals surface area contributed by atoms with E-state index < -0.39 is 23.5 Å². The van der Waals surface area contributed by atoms with Gasteiger partial charge in [0, 0.05) is 23.6 Å². The Balaban J connectivity index is 0.00000187. The second-order valence-electron chi connectivity index (χ2n) is 8.49. The molecule has 0 saturated carbocycles. The summed E-state index contributed by atoms with van der Waals surface area (Å²) < 4.78 is 44.1. The van der Waals surface area contributed by atoms with Crippen molar-refractivity contribution in [2.24, 2.45) is 0 Å². The molecule has 2 N–H and O–H groups in total. The van der Waals surface area contributed by atoms with Gasteiger partial charge in [0.25, 0.3) is 0 Å². The van der Waals surface area contributed by atoms with E-state index in [1.54, 1.807) is 12.1 Å². The number of unbranched alkanes of at least 4 members (excludes halogenated alkanes) is 1. The van der Waals surface area contributed by atoms with Crippen molar-refractivity contribution in [2.45, 2.75) is 38.9 Å². The van der Waals surface area contributed by atoms with Crippen LogP contribution in [-0.2, 0) is 19.1 Å². The summed E-state index contributed by atoms with van der Waals surface area (Å²) >= 11 is 0. The monoisotopic (exact) mass is 571 g/mol. The standard InChI is InChI=1S/C25H22F3N7O2.2Na.H2O/c1-2-3-11-20-29-22(25(26,27)28)21(24(36)37)35(20)14-15-7-6-10-18-16(15)12-13-34(18)19-9-5-4-8-17(19)23-30-32-33-31-23;;;/h4-10,12-13H,2-3,11,14H2,1H3,(H,36,37)(H,30,31,32,33);;;1H2/q;2*+1;/p-2. The number of aryl methyl sites for hydroxylation is 1. The van der Waals surface area contributed by atoms with Crippen LogP contribution in [0.15, 0.2) is 54.7 Å². The largest absolute Gasteiger partial charge is 1.00 e. The number of H-pyrrole nitrogens is 1. The van der Waals surface area contributed by atoms with Crippen LogP contribution in [0.4, 0.5) is 13.2 Å². The van der Waals surface area contributed by atoms with Crippen LogP contribution in [0.1, 0.15) is 47.3 Å². The number of carboxylic acid groups (broad SMARTS) is 1. The van der Waals surface area contributed by atoms with Crippen LogP contribution in [0.25, 0.3) is 28.0 Å². The van der Waals surface area contributed by atoms with E-state index in [0.29, 0.717) is 24.2 Å². The average molecular weight is 571 g/mol.